The summed E-state index contributed by atoms with van der Waals surface area (Å²) in [6, 6.07) is 8.17. The number of hydrogen-bond donors (Lipinski definition) is 2. The molecule has 0 amide bonds. The van der Waals surface area contributed by atoms with Gasteiger partial charge in [-0.05, 0) is 61.1 Å². The van der Waals surface area contributed by atoms with Gasteiger partial charge in [0.1, 0.15) is 23.7 Å². The van der Waals surface area contributed by atoms with Crippen molar-refractivity contribution in [2.24, 2.45) is 0 Å². The second-order valence-electron chi connectivity index (χ2n) is 8.99. The number of aryl methyl sites for hydroxylation is 4. The molecule has 4 rings (SSSR count). The fraction of sp³-hybridized carbons (Fsp3) is 0.520. The molecule has 30 heavy (non-hydrogen) atoms. The van der Waals surface area contributed by atoms with Crippen molar-refractivity contribution in [2.45, 2.75) is 59.2 Å². The Morgan fingerprint density at radius 1 is 0.767 bits per heavy atom. The Morgan fingerprint density at radius 2 is 1.07 bits per heavy atom. The Hall–Kier alpha value is -2.08. The highest BCUT2D eigenvalue weighted by Crippen LogP contribution is 2.37. The van der Waals surface area contributed by atoms with Crippen LogP contribution >= 0.6 is 0 Å². The zero-order valence-corrected chi connectivity index (χ0v) is 18.9. The monoisotopic (exact) mass is 414 g/mol. The SMILES string of the molecule is C(OCC1CO1)C1CO1.Cc1cc(C(C)(C)c2cc(C)c(O)c(C)c2)cc(C)c1O. The van der Waals surface area contributed by atoms with E-state index >= 15 is 0 Å². The van der Waals surface area contributed by atoms with E-state index in [0.29, 0.717) is 23.7 Å². The number of hydrogen-bond acceptors (Lipinski definition) is 5. The van der Waals surface area contributed by atoms with Crippen LogP contribution in [0.2, 0.25) is 0 Å². The first-order valence-corrected chi connectivity index (χ1v) is 10.5. The van der Waals surface area contributed by atoms with Gasteiger partial charge >= 0.3 is 0 Å². The van der Waals surface area contributed by atoms with E-state index in [-0.39, 0.29) is 5.41 Å². The molecule has 0 spiro atoms. The van der Waals surface area contributed by atoms with Gasteiger partial charge in [0, 0.05) is 5.41 Å². The zero-order chi connectivity index (χ0) is 22.1. The second-order valence-corrected chi connectivity index (χ2v) is 8.99. The molecule has 2 unspecified atom stereocenters. The number of epoxide rings is 2. The standard InChI is InChI=1S/C19H24O2.C6H10O3/c1-11-7-15(8-12(2)17(11)20)19(5,6)16-9-13(3)18(21)14(4)10-16;1(5-3-8-5)7-2-6-4-9-6/h7-10,20-21H,1-6H3;5-6H,1-4H2. The molecule has 2 heterocycles. The van der Waals surface area contributed by atoms with Gasteiger partial charge < -0.3 is 24.4 Å². The maximum absolute atomic E-state index is 9.96. The molecule has 2 atom stereocenters. The highest BCUT2D eigenvalue weighted by atomic mass is 16.6. The van der Waals surface area contributed by atoms with Crippen molar-refractivity contribution in [2.75, 3.05) is 26.4 Å². The number of benzene rings is 2. The minimum atomic E-state index is -0.188. The first-order chi connectivity index (χ1) is 14.1. The van der Waals surface area contributed by atoms with Gasteiger partial charge in [0.2, 0.25) is 0 Å². The molecule has 0 aliphatic carbocycles. The van der Waals surface area contributed by atoms with Gasteiger partial charge in [-0.15, -0.1) is 0 Å². The van der Waals surface area contributed by atoms with Crippen molar-refractivity contribution in [3.8, 4) is 11.5 Å². The van der Waals surface area contributed by atoms with Crippen LogP contribution in [0.25, 0.3) is 0 Å². The second kappa shape index (κ2) is 8.96. The number of phenols is 2. The lowest BCUT2D eigenvalue weighted by molar-refractivity contribution is 0.102. The largest absolute Gasteiger partial charge is 0.507 e. The first-order valence-electron chi connectivity index (χ1n) is 10.5. The van der Waals surface area contributed by atoms with Crippen molar-refractivity contribution in [1.82, 2.24) is 0 Å². The lowest BCUT2D eigenvalue weighted by atomic mass is 9.76. The van der Waals surface area contributed by atoms with E-state index in [1.165, 1.54) is 11.1 Å². The number of aromatic hydroxyl groups is 2. The van der Waals surface area contributed by atoms with Gasteiger partial charge in [-0.1, -0.05) is 38.1 Å². The summed E-state index contributed by atoms with van der Waals surface area (Å²) in [6.07, 6.45) is 0.785. The van der Waals surface area contributed by atoms with E-state index in [4.69, 9.17) is 14.2 Å². The smallest absolute Gasteiger partial charge is 0.121 e. The molecular formula is C25H34O5. The van der Waals surface area contributed by atoms with E-state index in [1.54, 1.807) is 0 Å². The van der Waals surface area contributed by atoms with Crippen molar-refractivity contribution >= 4 is 0 Å². The van der Waals surface area contributed by atoms with Crippen LogP contribution in [0.3, 0.4) is 0 Å². The minimum absolute atomic E-state index is 0.188. The molecule has 2 aliphatic rings. The molecule has 5 heteroatoms. The summed E-state index contributed by atoms with van der Waals surface area (Å²) in [5.74, 6) is 0.736. The Labute approximate surface area is 179 Å². The minimum Gasteiger partial charge on any atom is -0.507 e. The van der Waals surface area contributed by atoms with Crippen LogP contribution in [0.4, 0.5) is 0 Å². The third kappa shape index (κ3) is 5.54. The van der Waals surface area contributed by atoms with Gasteiger partial charge in [-0.2, -0.15) is 0 Å². The van der Waals surface area contributed by atoms with E-state index in [1.807, 2.05) is 52.0 Å². The Kier molecular flexibility index (Phi) is 6.75. The predicted molar refractivity (Wildman–Crippen MR) is 118 cm³/mol. The van der Waals surface area contributed by atoms with Crippen LogP contribution in [0.1, 0.15) is 47.2 Å². The summed E-state index contributed by atoms with van der Waals surface area (Å²) < 4.78 is 15.1. The summed E-state index contributed by atoms with van der Waals surface area (Å²) in [7, 11) is 0. The van der Waals surface area contributed by atoms with Crippen LogP contribution in [-0.2, 0) is 19.6 Å². The molecule has 0 bridgehead atoms. The van der Waals surface area contributed by atoms with Crippen LogP contribution in [0.15, 0.2) is 24.3 Å². The third-order valence-electron chi connectivity index (χ3n) is 5.84. The molecule has 2 saturated heterocycles. The molecule has 2 fully saturated rings. The lowest BCUT2D eigenvalue weighted by Crippen LogP contribution is -2.19. The van der Waals surface area contributed by atoms with Gasteiger partial charge in [-0.3, -0.25) is 0 Å². The maximum Gasteiger partial charge on any atom is 0.121 e. The van der Waals surface area contributed by atoms with Crippen molar-refractivity contribution in [1.29, 1.82) is 0 Å². The topological polar surface area (TPSA) is 74.8 Å². The van der Waals surface area contributed by atoms with Crippen molar-refractivity contribution in [3.63, 3.8) is 0 Å². The molecule has 5 nitrogen and oxygen atoms in total. The van der Waals surface area contributed by atoms with E-state index < -0.39 is 0 Å². The average Bonchev–Trinajstić information content (AvgIpc) is 3.59. The van der Waals surface area contributed by atoms with Crippen LogP contribution in [0, 0.1) is 27.7 Å². The quantitative estimate of drug-likeness (QED) is 0.683. The molecule has 2 N–H and O–H groups in total. The van der Waals surface area contributed by atoms with Gasteiger partial charge in [0.25, 0.3) is 0 Å². The molecule has 2 aliphatic heterocycles. The Balaban J connectivity index is 0.000000234. The highest BCUT2D eigenvalue weighted by molar-refractivity contribution is 5.51. The summed E-state index contributed by atoms with van der Waals surface area (Å²) in [4.78, 5) is 0. The van der Waals surface area contributed by atoms with Crippen LogP contribution in [0.5, 0.6) is 11.5 Å². The van der Waals surface area contributed by atoms with Crippen molar-refractivity contribution < 1.29 is 24.4 Å². The first kappa shape index (κ1) is 22.6. The Morgan fingerprint density at radius 3 is 1.33 bits per heavy atom. The zero-order valence-electron chi connectivity index (χ0n) is 18.9. The predicted octanol–water partition coefficient (Wildman–Crippen LogP) is 4.46. The summed E-state index contributed by atoms with van der Waals surface area (Å²) in [5.41, 5.74) is 5.72. The van der Waals surface area contributed by atoms with E-state index in [2.05, 4.69) is 13.8 Å². The molecule has 0 radical (unpaired) electrons. The lowest BCUT2D eigenvalue weighted by Gasteiger charge is -2.28. The van der Waals surface area contributed by atoms with Gasteiger partial charge in [0.05, 0.1) is 26.4 Å². The molecule has 2 aromatic rings. The van der Waals surface area contributed by atoms with Crippen molar-refractivity contribution in [3.05, 3.63) is 57.6 Å². The average molecular weight is 415 g/mol. The molecule has 0 aromatic heterocycles. The Bertz CT molecular complexity index is 777. The highest BCUT2D eigenvalue weighted by Gasteiger charge is 2.27. The maximum atomic E-state index is 9.96. The third-order valence-corrected chi connectivity index (χ3v) is 5.84. The fourth-order valence-corrected chi connectivity index (χ4v) is 3.46. The fourth-order valence-electron chi connectivity index (χ4n) is 3.46. The summed E-state index contributed by atoms with van der Waals surface area (Å²) >= 11 is 0. The summed E-state index contributed by atoms with van der Waals surface area (Å²) in [5, 5.41) is 19.9. The normalized spacial score (nSPS) is 19.8. The van der Waals surface area contributed by atoms with Gasteiger partial charge in [0.15, 0.2) is 0 Å². The molecule has 2 aromatic carbocycles. The molecular weight excluding hydrogens is 380 g/mol. The summed E-state index contributed by atoms with van der Waals surface area (Å²) in [6.45, 7) is 15.3. The van der Waals surface area contributed by atoms with E-state index in [9.17, 15) is 10.2 Å². The molecule has 0 saturated carbocycles. The number of phenolic OH excluding ortho intramolecular Hbond substituents is 2. The number of rotatable bonds is 6. The van der Waals surface area contributed by atoms with Gasteiger partial charge in [-0.25, -0.2) is 0 Å². The van der Waals surface area contributed by atoms with Crippen LogP contribution in [-0.4, -0.2) is 48.8 Å². The van der Waals surface area contributed by atoms with E-state index in [0.717, 1.165) is 48.7 Å². The number of ether oxygens (including phenoxy) is 3. The van der Waals surface area contributed by atoms with Crippen LogP contribution < -0.4 is 0 Å². The molecule has 164 valence electrons.